The van der Waals surface area contributed by atoms with Crippen LogP contribution in [0.4, 0.5) is 5.69 Å². The van der Waals surface area contributed by atoms with Crippen LogP contribution in [0.1, 0.15) is 24.2 Å². The summed E-state index contributed by atoms with van der Waals surface area (Å²) in [6.07, 6.45) is 0. The number of aromatic nitrogens is 2. The Labute approximate surface area is 158 Å². The molecule has 0 saturated carbocycles. The van der Waals surface area contributed by atoms with E-state index in [1.807, 2.05) is 12.3 Å². The summed E-state index contributed by atoms with van der Waals surface area (Å²) in [6, 6.07) is 8.60. The first-order chi connectivity index (χ1) is 12.5. The smallest absolute Gasteiger partial charge is 0.272 e. The minimum absolute atomic E-state index is 0.0595. The number of amides is 1. The van der Waals surface area contributed by atoms with Gasteiger partial charge in [0.15, 0.2) is 10.9 Å². The summed E-state index contributed by atoms with van der Waals surface area (Å²) < 4.78 is 2.20. The fourth-order valence-electron chi connectivity index (χ4n) is 2.46. The number of fused-ring (bicyclic) bond motifs is 1. The highest BCUT2D eigenvalue weighted by molar-refractivity contribution is 7.99. The third-order valence-corrected chi connectivity index (χ3v) is 5.60. The zero-order valence-electron chi connectivity index (χ0n) is 14.3. The number of hydrogen-bond acceptors (Lipinski definition) is 6. The highest BCUT2D eigenvalue weighted by Crippen LogP contribution is 2.21. The lowest BCUT2D eigenvalue weighted by molar-refractivity contribution is -0.113. The Bertz CT molecular complexity index is 1040. The van der Waals surface area contributed by atoms with E-state index in [0.717, 1.165) is 0 Å². The summed E-state index contributed by atoms with van der Waals surface area (Å²) in [5.74, 6) is -0.166. The van der Waals surface area contributed by atoms with Crippen molar-refractivity contribution in [3.05, 3.63) is 51.6 Å². The van der Waals surface area contributed by atoms with E-state index < -0.39 is 0 Å². The Morgan fingerprint density at radius 3 is 2.85 bits per heavy atom. The number of Topliss-reactive ketones (excluding diaryl/α,β-unsaturated/α-hetero) is 1. The van der Waals surface area contributed by atoms with Gasteiger partial charge in [0, 0.05) is 17.8 Å². The maximum Gasteiger partial charge on any atom is 0.272 e. The average molecular weight is 387 g/mol. The standard InChI is InChI=1S/C18H17N3O3S2/c1-3-21-17(24)16-14(7-8-25-16)20-18(21)26-10-15(23)19-13-6-4-5-12(9-13)11(2)22/h4-9H,3,10H2,1-2H3,(H,19,23). The minimum Gasteiger partial charge on any atom is -0.325 e. The number of anilines is 1. The predicted molar refractivity (Wildman–Crippen MR) is 105 cm³/mol. The van der Waals surface area contributed by atoms with Gasteiger partial charge in [0.2, 0.25) is 5.91 Å². The Morgan fingerprint density at radius 1 is 1.31 bits per heavy atom. The van der Waals surface area contributed by atoms with E-state index in [4.69, 9.17) is 0 Å². The van der Waals surface area contributed by atoms with Crippen molar-refractivity contribution in [2.24, 2.45) is 0 Å². The van der Waals surface area contributed by atoms with Crippen molar-refractivity contribution in [2.75, 3.05) is 11.1 Å². The number of thioether (sulfide) groups is 1. The Balaban J connectivity index is 1.73. The van der Waals surface area contributed by atoms with Gasteiger partial charge in [-0.25, -0.2) is 4.98 Å². The molecule has 0 saturated heterocycles. The maximum atomic E-state index is 12.5. The van der Waals surface area contributed by atoms with E-state index in [9.17, 15) is 14.4 Å². The Kier molecular flexibility index (Phi) is 5.53. The van der Waals surface area contributed by atoms with Crippen LogP contribution >= 0.6 is 23.1 Å². The molecule has 0 aliphatic heterocycles. The SMILES string of the molecule is CCn1c(SCC(=O)Nc2cccc(C(C)=O)c2)nc2ccsc2c1=O. The zero-order valence-corrected chi connectivity index (χ0v) is 15.9. The van der Waals surface area contributed by atoms with Crippen LogP contribution in [0.2, 0.25) is 0 Å². The summed E-state index contributed by atoms with van der Waals surface area (Å²) in [4.78, 5) is 40.6. The summed E-state index contributed by atoms with van der Waals surface area (Å²) in [5.41, 5.74) is 1.68. The fourth-order valence-corrected chi connectivity index (χ4v) is 4.10. The molecule has 3 aromatic rings. The van der Waals surface area contributed by atoms with Crippen molar-refractivity contribution in [2.45, 2.75) is 25.5 Å². The first-order valence-corrected chi connectivity index (χ1v) is 9.87. The van der Waals surface area contributed by atoms with E-state index in [1.165, 1.54) is 30.0 Å². The van der Waals surface area contributed by atoms with Crippen molar-refractivity contribution in [1.29, 1.82) is 0 Å². The molecule has 0 fully saturated rings. The van der Waals surface area contributed by atoms with Crippen molar-refractivity contribution >= 4 is 50.7 Å². The van der Waals surface area contributed by atoms with Crippen molar-refractivity contribution < 1.29 is 9.59 Å². The number of thiophene rings is 1. The average Bonchev–Trinajstić information content (AvgIpc) is 3.09. The predicted octanol–water partition coefficient (Wildman–Crippen LogP) is 3.41. The van der Waals surface area contributed by atoms with Crippen LogP contribution in [0.3, 0.4) is 0 Å². The van der Waals surface area contributed by atoms with Gasteiger partial charge in [-0.05, 0) is 37.4 Å². The number of benzene rings is 1. The van der Waals surface area contributed by atoms with Crippen molar-refractivity contribution in [1.82, 2.24) is 9.55 Å². The van der Waals surface area contributed by atoms with E-state index in [2.05, 4.69) is 10.3 Å². The van der Waals surface area contributed by atoms with Crippen LogP contribution in [-0.2, 0) is 11.3 Å². The molecule has 134 valence electrons. The highest BCUT2D eigenvalue weighted by atomic mass is 32.2. The number of ketones is 1. The molecule has 0 unspecified atom stereocenters. The number of nitrogens with zero attached hydrogens (tertiary/aromatic N) is 2. The number of rotatable bonds is 6. The van der Waals surface area contributed by atoms with E-state index in [0.29, 0.717) is 33.2 Å². The summed E-state index contributed by atoms with van der Waals surface area (Å²) in [6.45, 7) is 3.84. The lowest BCUT2D eigenvalue weighted by Crippen LogP contribution is -2.22. The third kappa shape index (κ3) is 3.86. The first kappa shape index (κ1) is 18.3. The summed E-state index contributed by atoms with van der Waals surface area (Å²) >= 11 is 2.59. The molecule has 1 aromatic carbocycles. The second-order valence-corrected chi connectivity index (χ2v) is 7.41. The molecule has 6 nitrogen and oxygen atoms in total. The summed E-state index contributed by atoms with van der Waals surface area (Å²) in [5, 5.41) is 5.13. The lowest BCUT2D eigenvalue weighted by Gasteiger charge is -2.10. The molecular weight excluding hydrogens is 370 g/mol. The van der Waals surface area contributed by atoms with Gasteiger partial charge < -0.3 is 5.32 Å². The molecule has 0 aliphatic rings. The van der Waals surface area contributed by atoms with Crippen LogP contribution in [0.5, 0.6) is 0 Å². The van der Waals surface area contributed by atoms with Crippen LogP contribution in [-0.4, -0.2) is 27.0 Å². The monoisotopic (exact) mass is 387 g/mol. The van der Waals surface area contributed by atoms with Gasteiger partial charge in [-0.1, -0.05) is 23.9 Å². The molecular formula is C18H17N3O3S2. The van der Waals surface area contributed by atoms with E-state index in [-0.39, 0.29) is 23.0 Å². The second kappa shape index (κ2) is 7.84. The Morgan fingerprint density at radius 2 is 2.12 bits per heavy atom. The molecule has 1 N–H and O–H groups in total. The van der Waals surface area contributed by atoms with Crippen LogP contribution in [0, 0.1) is 0 Å². The Hall–Kier alpha value is -2.45. The number of carbonyl (C=O) groups is 2. The van der Waals surface area contributed by atoms with Gasteiger partial charge in [-0.15, -0.1) is 11.3 Å². The minimum atomic E-state index is -0.224. The topological polar surface area (TPSA) is 81.1 Å². The molecule has 0 aliphatic carbocycles. The maximum absolute atomic E-state index is 12.5. The molecule has 3 rings (SSSR count). The molecule has 8 heteroatoms. The quantitative estimate of drug-likeness (QED) is 0.398. The lowest BCUT2D eigenvalue weighted by atomic mass is 10.1. The molecule has 0 bridgehead atoms. The largest absolute Gasteiger partial charge is 0.325 e. The fraction of sp³-hybridized carbons (Fsp3) is 0.222. The molecule has 2 aromatic heterocycles. The number of nitrogens with one attached hydrogen (secondary N) is 1. The van der Waals surface area contributed by atoms with Crippen LogP contribution in [0.25, 0.3) is 10.2 Å². The number of carbonyl (C=O) groups excluding carboxylic acids is 2. The molecule has 0 spiro atoms. The molecule has 0 radical (unpaired) electrons. The van der Waals surface area contributed by atoms with Crippen molar-refractivity contribution in [3.8, 4) is 0 Å². The second-order valence-electron chi connectivity index (χ2n) is 5.55. The zero-order chi connectivity index (χ0) is 18.7. The van der Waals surface area contributed by atoms with Gasteiger partial charge in [-0.3, -0.25) is 19.0 Å². The molecule has 1 amide bonds. The number of hydrogen-bond donors (Lipinski definition) is 1. The van der Waals surface area contributed by atoms with Crippen LogP contribution in [0.15, 0.2) is 45.7 Å². The van der Waals surface area contributed by atoms with Gasteiger partial charge in [-0.2, -0.15) is 0 Å². The van der Waals surface area contributed by atoms with Gasteiger partial charge in [0.25, 0.3) is 5.56 Å². The normalized spacial score (nSPS) is 10.8. The van der Waals surface area contributed by atoms with Gasteiger partial charge >= 0.3 is 0 Å². The van der Waals surface area contributed by atoms with Crippen LogP contribution < -0.4 is 10.9 Å². The molecule has 0 atom stereocenters. The van der Waals surface area contributed by atoms with Gasteiger partial charge in [0.05, 0.1) is 11.3 Å². The molecule has 26 heavy (non-hydrogen) atoms. The third-order valence-electron chi connectivity index (χ3n) is 3.73. The van der Waals surface area contributed by atoms with Crippen molar-refractivity contribution in [3.63, 3.8) is 0 Å². The summed E-state index contributed by atoms with van der Waals surface area (Å²) in [7, 11) is 0. The van der Waals surface area contributed by atoms with E-state index in [1.54, 1.807) is 34.9 Å². The highest BCUT2D eigenvalue weighted by Gasteiger charge is 2.13. The first-order valence-electron chi connectivity index (χ1n) is 8.01. The molecule has 2 heterocycles. The van der Waals surface area contributed by atoms with E-state index >= 15 is 0 Å². The van der Waals surface area contributed by atoms with Gasteiger partial charge in [0.1, 0.15) is 4.70 Å².